The van der Waals surface area contributed by atoms with E-state index in [1.54, 1.807) is 6.07 Å². The first-order valence-corrected chi connectivity index (χ1v) is 15.5. The lowest BCUT2D eigenvalue weighted by atomic mass is 9.84. The van der Waals surface area contributed by atoms with Crippen molar-refractivity contribution in [2.24, 2.45) is 5.73 Å². The molecule has 0 unspecified atom stereocenters. The molecule has 1 aliphatic rings. The zero-order chi connectivity index (χ0) is 33.4. The standard InChI is InChI=1S/C36H37F4N3O4/c37-30-11-6-12-31(29(30)16-15-28-20-42-27(21-46-28)22-47-32(44)17-18-36(38,39)40)43-35(45)34(41)33(24-8-2-1-3-9-24)26-14-13-23-7-4-5-10-25(23)19-26/h1-14,19,27-28,33-34,42H,15-18,20-22,41H2,(H,43,45)/t27-,28+,33+,34-/m0/s1. The van der Waals surface area contributed by atoms with Crippen LogP contribution in [0.2, 0.25) is 0 Å². The summed E-state index contributed by atoms with van der Waals surface area (Å²) in [5.41, 5.74) is 9.07. The first-order valence-electron chi connectivity index (χ1n) is 15.5. The van der Waals surface area contributed by atoms with Crippen LogP contribution in [0.15, 0.2) is 91.0 Å². The van der Waals surface area contributed by atoms with E-state index in [0.29, 0.717) is 24.2 Å². The minimum atomic E-state index is -4.42. The molecule has 7 nitrogen and oxygen atoms in total. The van der Waals surface area contributed by atoms with E-state index in [-0.39, 0.29) is 31.8 Å². The van der Waals surface area contributed by atoms with E-state index in [1.807, 2.05) is 72.8 Å². The highest BCUT2D eigenvalue weighted by atomic mass is 19.4. The lowest BCUT2D eigenvalue weighted by Gasteiger charge is -2.30. The van der Waals surface area contributed by atoms with Crippen LogP contribution in [0, 0.1) is 5.82 Å². The molecule has 1 saturated heterocycles. The fraction of sp³-hybridized carbons (Fsp3) is 0.333. The van der Waals surface area contributed by atoms with Crippen molar-refractivity contribution in [2.75, 3.05) is 25.1 Å². The normalized spacial score (nSPS) is 18.0. The zero-order valence-corrected chi connectivity index (χ0v) is 25.6. The molecule has 1 aliphatic heterocycles. The zero-order valence-electron chi connectivity index (χ0n) is 25.6. The van der Waals surface area contributed by atoms with Gasteiger partial charge in [-0.25, -0.2) is 4.39 Å². The Bertz CT molecular complexity index is 1660. The third-order valence-corrected chi connectivity index (χ3v) is 8.27. The number of halogens is 4. The molecule has 11 heteroatoms. The molecule has 0 bridgehead atoms. The van der Waals surface area contributed by atoms with Crippen LogP contribution in [0.4, 0.5) is 23.2 Å². The van der Waals surface area contributed by atoms with Crippen molar-refractivity contribution < 1.29 is 36.6 Å². The van der Waals surface area contributed by atoms with Crippen molar-refractivity contribution in [1.82, 2.24) is 5.32 Å². The molecule has 4 aromatic carbocycles. The molecule has 1 amide bonds. The van der Waals surface area contributed by atoms with Crippen molar-refractivity contribution in [1.29, 1.82) is 0 Å². The quantitative estimate of drug-likeness (QED) is 0.124. The Kier molecular flexibility index (Phi) is 11.2. The first-order chi connectivity index (χ1) is 22.6. The van der Waals surface area contributed by atoms with E-state index in [9.17, 15) is 22.8 Å². The fourth-order valence-corrected chi connectivity index (χ4v) is 5.74. The van der Waals surface area contributed by atoms with E-state index < -0.39 is 48.7 Å². The maximum absolute atomic E-state index is 15.1. The van der Waals surface area contributed by atoms with Crippen LogP contribution in [-0.2, 0) is 25.5 Å². The van der Waals surface area contributed by atoms with Crippen molar-refractivity contribution >= 4 is 28.3 Å². The van der Waals surface area contributed by atoms with Gasteiger partial charge in [0.05, 0.1) is 37.6 Å². The van der Waals surface area contributed by atoms with Gasteiger partial charge in [0.1, 0.15) is 12.4 Å². The third-order valence-electron chi connectivity index (χ3n) is 8.27. The molecule has 248 valence electrons. The molecular formula is C36H37F4N3O4. The second-order valence-corrected chi connectivity index (χ2v) is 11.7. The summed E-state index contributed by atoms with van der Waals surface area (Å²) in [6.07, 6.45) is -6.01. The predicted octanol–water partition coefficient (Wildman–Crippen LogP) is 6.25. The maximum Gasteiger partial charge on any atom is 0.389 e. The second kappa shape index (κ2) is 15.5. The Balaban J connectivity index is 1.20. The average Bonchev–Trinajstić information content (AvgIpc) is 3.07. The van der Waals surface area contributed by atoms with Gasteiger partial charge in [0.25, 0.3) is 0 Å². The van der Waals surface area contributed by atoms with E-state index >= 15 is 4.39 Å². The van der Waals surface area contributed by atoms with Gasteiger partial charge in [0.15, 0.2) is 0 Å². The summed E-state index contributed by atoms with van der Waals surface area (Å²) >= 11 is 0. The number of nitrogens with two attached hydrogens (primary N) is 1. The van der Waals surface area contributed by atoms with Crippen LogP contribution in [0.25, 0.3) is 10.8 Å². The molecule has 1 heterocycles. The number of anilines is 1. The van der Waals surface area contributed by atoms with Gasteiger partial charge in [-0.1, -0.05) is 78.9 Å². The van der Waals surface area contributed by atoms with E-state index in [1.165, 1.54) is 12.1 Å². The first kappa shape index (κ1) is 34.0. The number of rotatable bonds is 12. The third kappa shape index (κ3) is 9.37. The number of hydrogen-bond donors (Lipinski definition) is 3. The minimum Gasteiger partial charge on any atom is -0.464 e. The number of benzene rings is 4. The Morgan fingerprint density at radius 1 is 0.957 bits per heavy atom. The van der Waals surface area contributed by atoms with E-state index in [0.717, 1.165) is 21.9 Å². The molecule has 5 rings (SSSR count). The summed E-state index contributed by atoms with van der Waals surface area (Å²) in [6.45, 7) is 0.426. The van der Waals surface area contributed by atoms with Crippen LogP contribution in [0.3, 0.4) is 0 Å². The number of esters is 1. The highest BCUT2D eigenvalue weighted by Crippen LogP contribution is 2.31. The van der Waals surface area contributed by atoms with Crippen LogP contribution >= 0.6 is 0 Å². The van der Waals surface area contributed by atoms with Crippen LogP contribution in [0.5, 0.6) is 0 Å². The Hall–Kier alpha value is -4.32. The Morgan fingerprint density at radius 2 is 1.70 bits per heavy atom. The maximum atomic E-state index is 15.1. The topological polar surface area (TPSA) is 103 Å². The fourth-order valence-electron chi connectivity index (χ4n) is 5.74. The molecule has 0 saturated carbocycles. The van der Waals surface area contributed by atoms with Crippen molar-refractivity contribution in [3.63, 3.8) is 0 Å². The van der Waals surface area contributed by atoms with Crippen LogP contribution < -0.4 is 16.4 Å². The number of nitrogens with one attached hydrogen (secondary N) is 2. The van der Waals surface area contributed by atoms with Crippen molar-refractivity contribution in [3.8, 4) is 0 Å². The highest BCUT2D eigenvalue weighted by Gasteiger charge is 2.30. The lowest BCUT2D eigenvalue weighted by Crippen LogP contribution is -2.49. The summed E-state index contributed by atoms with van der Waals surface area (Å²) in [6, 6.07) is 26.7. The summed E-state index contributed by atoms with van der Waals surface area (Å²) in [5.74, 6) is -2.32. The van der Waals surface area contributed by atoms with Gasteiger partial charge in [-0.05, 0) is 46.9 Å². The molecular weight excluding hydrogens is 614 g/mol. The molecule has 0 aliphatic carbocycles. The van der Waals surface area contributed by atoms with Crippen LogP contribution in [0.1, 0.15) is 41.9 Å². The van der Waals surface area contributed by atoms with Gasteiger partial charge in [0.2, 0.25) is 5.91 Å². The number of morpholine rings is 1. The molecule has 0 spiro atoms. The molecule has 0 aromatic heterocycles. The molecule has 0 radical (unpaired) electrons. The van der Waals surface area contributed by atoms with Gasteiger partial charge >= 0.3 is 12.1 Å². The number of carbonyl (C=O) groups excluding carboxylic acids is 2. The molecule has 4 atom stereocenters. The van der Waals surface area contributed by atoms with E-state index in [4.69, 9.17) is 15.2 Å². The summed E-state index contributed by atoms with van der Waals surface area (Å²) < 4.78 is 62.8. The number of hydrogen-bond acceptors (Lipinski definition) is 6. The average molecular weight is 652 g/mol. The number of alkyl halides is 3. The molecule has 4 aromatic rings. The molecule has 1 fully saturated rings. The van der Waals surface area contributed by atoms with Gasteiger partial charge in [-0.3, -0.25) is 9.59 Å². The number of fused-ring (bicyclic) bond motifs is 1. The number of carbonyl (C=O) groups is 2. The minimum absolute atomic E-state index is 0.115. The number of ether oxygens (including phenoxy) is 2. The van der Waals surface area contributed by atoms with Crippen molar-refractivity contribution in [2.45, 2.75) is 56.0 Å². The smallest absolute Gasteiger partial charge is 0.389 e. The summed E-state index contributed by atoms with van der Waals surface area (Å²) in [7, 11) is 0. The van der Waals surface area contributed by atoms with E-state index in [2.05, 4.69) is 10.6 Å². The van der Waals surface area contributed by atoms with Gasteiger partial charge in [0, 0.05) is 23.7 Å². The monoisotopic (exact) mass is 651 g/mol. The van der Waals surface area contributed by atoms with Gasteiger partial charge in [-0.15, -0.1) is 0 Å². The van der Waals surface area contributed by atoms with Gasteiger partial charge in [-0.2, -0.15) is 13.2 Å². The lowest BCUT2D eigenvalue weighted by molar-refractivity contribution is -0.158. The summed E-state index contributed by atoms with van der Waals surface area (Å²) in [4.78, 5) is 25.3. The molecule has 4 N–H and O–H groups in total. The predicted molar refractivity (Wildman–Crippen MR) is 171 cm³/mol. The SMILES string of the molecule is N[C@H](C(=O)Nc1cccc(F)c1CC[C@@H]1CN[C@H](COC(=O)CCC(F)(F)F)CO1)[C@H](c1ccccc1)c1ccc2ccccc2c1. The van der Waals surface area contributed by atoms with Crippen LogP contribution in [-0.4, -0.2) is 56.0 Å². The second-order valence-electron chi connectivity index (χ2n) is 11.7. The summed E-state index contributed by atoms with van der Waals surface area (Å²) in [5, 5.41) is 8.13. The Morgan fingerprint density at radius 3 is 2.43 bits per heavy atom. The van der Waals surface area contributed by atoms with Crippen molar-refractivity contribution in [3.05, 3.63) is 114 Å². The largest absolute Gasteiger partial charge is 0.464 e. The Labute approximate surface area is 270 Å². The number of amides is 1. The molecule has 47 heavy (non-hydrogen) atoms. The van der Waals surface area contributed by atoms with Gasteiger partial charge < -0.3 is 25.8 Å². The highest BCUT2D eigenvalue weighted by molar-refractivity contribution is 5.96.